The van der Waals surface area contributed by atoms with Crippen molar-refractivity contribution in [2.75, 3.05) is 7.05 Å². The van der Waals surface area contributed by atoms with Crippen molar-refractivity contribution in [3.05, 3.63) is 41.0 Å². The molecule has 0 bridgehead atoms. The minimum absolute atomic E-state index is 0.132. The van der Waals surface area contributed by atoms with Gasteiger partial charge in [-0.05, 0) is 20.0 Å². The molecular weight excluding hydrogens is 237 g/mol. The number of nitrogens with zero attached hydrogens (tertiary/aromatic N) is 2. The Morgan fingerprint density at radius 1 is 1.39 bits per heavy atom. The molecule has 0 spiro atoms. The third kappa shape index (κ3) is 2.65. The van der Waals surface area contributed by atoms with Crippen molar-refractivity contribution in [3.8, 4) is 5.75 Å². The van der Waals surface area contributed by atoms with E-state index in [1.807, 2.05) is 6.07 Å². The normalized spacial score (nSPS) is 10.6. The lowest BCUT2D eigenvalue weighted by Crippen LogP contribution is -2.09. The number of ether oxygens (including phenoxy) is 1. The summed E-state index contributed by atoms with van der Waals surface area (Å²) in [7, 11) is 1.79. The van der Waals surface area contributed by atoms with Crippen LogP contribution in [0.5, 0.6) is 5.75 Å². The van der Waals surface area contributed by atoms with E-state index in [9.17, 15) is 4.39 Å². The highest BCUT2D eigenvalue weighted by atomic mass is 19.1. The average molecular weight is 251 g/mol. The molecule has 5 nitrogen and oxygen atoms in total. The summed E-state index contributed by atoms with van der Waals surface area (Å²) in [5.74, 6) is -0.161. The van der Waals surface area contributed by atoms with E-state index in [4.69, 9.17) is 4.74 Å². The summed E-state index contributed by atoms with van der Waals surface area (Å²) < 4.78 is 23.7. The van der Waals surface area contributed by atoms with E-state index in [0.717, 1.165) is 5.56 Å². The van der Waals surface area contributed by atoms with Gasteiger partial charge >= 0.3 is 0 Å². The van der Waals surface area contributed by atoms with Crippen molar-refractivity contribution in [3.63, 3.8) is 0 Å². The number of rotatable bonds is 5. The molecule has 0 aliphatic carbocycles. The van der Waals surface area contributed by atoms with Gasteiger partial charge in [0.2, 0.25) is 0 Å². The second kappa shape index (κ2) is 5.59. The molecule has 0 atom stereocenters. The molecule has 0 saturated heterocycles. The lowest BCUT2D eigenvalue weighted by Gasteiger charge is -2.11. The third-order valence-electron chi connectivity index (χ3n) is 2.52. The first-order chi connectivity index (χ1) is 8.72. The Morgan fingerprint density at radius 3 is 2.89 bits per heavy atom. The van der Waals surface area contributed by atoms with Crippen molar-refractivity contribution in [2.45, 2.75) is 20.1 Å². The quantitative estimate of drug-likeness (QED) is 0.878. The zero-order chi connectivity index (χ0) is 13.0. The number of halogens is 1. The molecule has 0 radical (unpaired) electrons. The zero-order valence-electron chi connectivity index (χ0n) is 10.2. The maximum atomic E-state index is 13.7. The van der Waals surface area contributed by atoms with E-state index in [-0.39, 0.29) is 12.4 Å². The van der Waals surface area contributed by atoms with Gasteiger partial charge in [-0.1, -0.05) is 22.4 Å². The van der Waals surface area contributed by atoms with Gasteiger partial charge in [0.05, 0.1) is 0 Å². The molecule has 2 rings (SSSR count). The molecule has 0 unspecified atom stereocenters. The fourth-order valence-electron chi connectivity index (χ4n) is 1.57. The monoisotopic (exact) mass is 251 g/mol. The average Bonchev–Trinajstić information content (AvgIpc) is 2.75. The second-order valence-electron chi connectivity index (χ2n) is 3.84. The van der Waals surface area contributed by atoms with E-state index >= 15 is 0 Å². The first-order valence-corrected chi connectivity index (χ1v) is 5.55. The lowest BCUT2D eigenvalue weighted by atomic mass is 10.2. The van der Waals surface area contributed by atoms with Gasteiger partial charge in [-0.2, -0.15) is 0 Å². The van der Waals surface area contributed by atoms with Gasteiger partial charge in [-0.15, -0.1) is 0 Å². The highest BCUT2D eigenvalue weighted by Crippen LogP contribution is 2.23. The van der Waals surface area contributed by atoms with Crippen LogP contribution in [0.2, 0.25) is 0 Å². The van der Waals surface area contributed by atoms with Gasteiger partial charge in [-0.3, -0.25) is 0 Å². The number of benzene rings is 1. The topological polar surface area (TPSA) is 60.2 Å². The fraction of sp³-hybridized carbons (Fsp3) is 0.333. The van der Waals surface area contributed by atoms with Gasteiger partial charge in [0.15, 0.2) is 11.6 Å². The summed E-state index contributed by atoms with van der Waals surface area (Å²) in [6.07, 6.45) is 0. The Kier molecular flexibility index (Phi) is 3.88. The molecule has 1 heterocycles. The largest absolute Gasteiger partial charge is 0.484 e. The van der Waals surface area contributed by atoms with Crippen LogP contribution >= 0.6 is 0 Å². The summed E-state index contributed by atoms with van der Waals surface area (Å²) in [5.41, 5.74) is 1.96. The van der Waals surface area contributed by atoms with E-state index in [2.05, 4.69) is 20.3 Å². The Hall–Kier alpha value is -1.95. The molecule has 0 aliphatic heterocycles. The van der Waals surface area contributed by atoms with Gasteiger partial charge in [0.25, 0.3) is 0 Å². The van der Waals surface area contributed by atoms with E-state index in [1.54, 1.807) is 20.0 Å². The second-order valence-corrected chi connectivity index (χ2v) is 3.84. The number of aromatic nitrogens is 2. The summed E-state index contributed by atoms with van der Waals surface area (Å²) in [6, 6.07) is 4.82. The zero-order valence-corrected chi connectivity index (χ0v) is 10.2. The maximum absolute atomic E-state index is 13.7. The standard InChI is InChI=1S/C12H14FN3O2/c1-8-11(16-18-15-8)7-17-12-9(6-14-2)4-3-5-10(12)13/h3-5,14H,6-7H2,1-2H3. The van der Waals surface area contributed by atoms with Gasteiger partial charge in [0, 0.05) is 12.1 Å². The molecule has 1 N–H and O–H groups in total. The van der Waals surface area contributed by atoms with Crippen molar-refractivity contribution < 1.29 is 13.8 Å². The molecule has 18 heavy (non-hydrogen) atoms. The van der Waals surface area contributed by atoms with Crippen LogP contribution in [0.3, 0.4) is 0 Å². The van der Waals surface area contributed by atoms with Crippen LogP contribution in [0.4, 0.5) is 4.39 Å². The van der Waals surface area contributed by atoms with Gasteiger partial charge < -0.3 is 10.1 Å². The lowest BCUT2D eigenvalue weighted by molar-refractivity contribution is 0.260. The molecule has 2 aromatic rings. The van der Waals surface area contributed by atoms with Crippen LogP contribution < -0.4 is 10.1 Å². The fourth-order valence-corrected chi connectivity index (χ4v) is 1.57. The molecular formula is C12H14FN3O2. The van der Waals surface area contributed by atoms with E-state index in [0.29, 0.717) is 17.9 Å². The van der Waals surface area contributed by atoms with Crippen molar-refractivity contribution >= 4 is 0 Å². The maximum Gasteiger partial charge on any atom is 0.165 e. The first-order valence-electron chi connectivity index (χ1n) is 5.55. The van der Waals surface area contributed by atoms with Crippen LogP contribution in [0.15, 0.2) is 22.8 Å². The minimum atomic E-state index is -0.392. The Morgan fingerprint density at radius 2 is 2.22 bits per heavy atom. The minimum Gasteiger partial charge on any atom is -0.484 e. The summed E-state index contributed by atoms with van der Waals surface area (Å²) in [5, 5.41) is 10.3. The van der Waals surface area contributed by atoms with Crippen LogP contribution in [-0.4, -0.2) is 17.4 Å². The summed E-state index contributed by atoms with van der Waals surface area (Å²) in [6.45, 7) is 2.42. The van der Waals surface area contributed by atoms with E-state index < -0.39 is 5.82 Å². The number of hydrogen-bond donors (Lipinski definition) is 1. The van der Waals surface area contributed by atoms with Crippen LogP contribution in [0, 0.1) is 12.7 Å². The van der Waals surface area contributed by atoms with Crippen LogP contribution in [0.1, 0.15) is 17.0 Å². The van der Waals surface area contributed by atoms with E-state index in [1.165, 1.54) is 6.07 Å². The number of nitrogens with one attached hydrogen (secondary N) is 1. The summed E-state index contributed by atoms with van der Waals surface area (Å²) in [4.78, 5) is 0. The molecule has 0 amide bonds. The smallest absolute Gasteiger partial charge is 0.165 e. The molecule has 1 aromatic heterocycles. The predicted octanol–water partition coefficient (Wildman–Crippen LogP) is 1.82. The SMILES string of the molecule is CNCc1cccc(F)c1OCc1nonc1C. The molecule has 0 aliphatic rings. The molecule has 96 valence electrons. The molecule has 0 fully saturated rings. The highest BCUT2D eigenvalue weighted by Gasteiger charge is 2.12. The van der Waals surface area contributed by atoms with Crippen molar-refractivity contribution in [2.24, 2.45) is 0 Å². The Balaban J connectivity index is 2.15. The van der Waals surface area contributed by atoms with Crippen LogP contribution in [0.25, 0.3) is 0 Å². The third-order valence-corrected chi connectivity index (χ3v) is 2.52. The Bertz CT molecular complexity index is 528. The molecule has 0 saturated carbocycles. The summed E-state index contributed by atoms with van der Waals surface area (Å²) >= 11 is 0. The van der Waals surface area contributed by atoms with Gasteiger partial charge in [0.1, 0.15) is 18.0 Å². The van der Waals surface area contributed by atoms with Gasteiger partial charge in [-0.25, -0.2) is 9.02 Å². The van der Waals surface area contributed by atoms with Crippen molar-refractivity contribution in [1.29, 1.82) is 0 Å². The molecule has 6 heteroatoms. The predicted molar refractivity (Wildman–Crippen MR) is 62.5 cm³/mol. The number of aryl methyl sites for hydroxylation is 1. The highest BCUT2D eigenvalue weighted by molar-refractivity contribution is 5.35. The first kappa shape index (κ1) is 12.5. The Labute approximate surface area is 104 Å². The molecule has 1 aromatic carbocycles. The van der Waals surface area contributed by atoms with Crippen LogP contribution in [-0.2, 0) is 13.2 Å². The van der Waals surface area contributed by atoms with Crippen molar-refractivity contribution in [1.82, 2.24) is 15.6 Å². The number of para-hydroxylation sites is 1. The number of hydrogen-bond acceptors (Lipinski definition) is 5.